The Morgan fingerprint density at radius 2 is 1.87 bits per heavy atom. The Balaban J connectivity index is 1.47. The lowest BCUT2D eigenvalue weighted by molar-refractivity contribution is 0.0427. The molecule has 4 rings (SSSR count). The molecule has 0 bridgehead atoms. The fourth-order valence-corrected chi connectivity index (χ4v) is 3.48. The van der Waals surface area contributed by atoms with Gasteiger partial charge in [-0.1, -0.05) is 41.6 Å². The highest BCUT2D eigenvalue weighted by Gasteiger charge is 2.20. The number of rotatable bonds is 7. The van der Waals surface area contributed by atoms with E-state index in [4.69, 9.17) is 14.0 Å². The highest BCUT2D eigenvalue weighted by molar-refractivity contribution is 7.12. The van der Waals surface area contributed by atoms with Crippen LogP contribution >= 0.6 is 11.3 Å². The van der Waals surface area contributed by atoms with Crippen LogP contribution in [0.5, 0.6) is 5.75 Å². The highest BCUT2D eigenvalue weighted by atomic mass is 32.1. The molecule has 0 aliphatic heterocycles. The molecule has 0 aliphatic carbocycles. The average Bonchev–Trinajstić information content (AvgIpc) is 3.49. The molecule has 0 saturated carbocycles. The largest absolute Gasteiger partial charge is 0.497 e. The molecule has 2 aromatic heterocycles. The summed E-state index contributed by atoms with van der Waals surface area (Å²) in [5.74, 6) is 0.293. The van der Waals surface area contributed by atoms with Crippen molar-refractivity contribution in [1.82, 2.24) is 10.1 Å². The van der Waals surface area contributed by atoms with E-state index in [1.54, 1.807) is 55.6 Å². The van der Waals surface area contributed by atoms with E-state index in [0.29, 0.717) is 22.0 Å². The molecule has 4 aromatic rings. The zero-order valence-electron chi connectivity index (χ0n) is 15.9. The first kappa shape index (κ1) is 19.5. The normalized spacial score (nSPS) is 10.6. The van der Waals surface area contributed by atoms with Gasteiger partial charge < -0.3 is 14.0 Å². The Bertz CT molecular complexity index is 1180. The Morgan fingerprint density at radius 3 is 2.63 bits per heavy atom. The lowest BCUT2D eigenvalue weighted by Gasteiger charge is -2.07. The summed E-state index contributed by atoms with van der Waals surface area (Å²) in [7, 11) is 1.57. The molecule has 0 unspecified atom stereocenters. The minimum Gasteiger partial charge on any atom is -0.497 e. The van der Waals surface area contributed by atoms with Gasteiger partial charge in [-0.2, -0.15) is 4.98 Å². The van der Waals surface area contributed by atoms with Crippen molar-refractivity contribution >= 4 is 23.1 Å². The predicted octanol–water partition coefficient (Wildman–Crippen LogP) is 4.39. The molecule has 30 heavy (non-hydrogen) atoms. The molecule has 0 amide bonds. The van der Waals surface area contributed by atoms with Crippen LogP contribution in [0.3, 0.4) is 0 Å². The molecular formula is C22H16N2O5S. The minimum atomic E-state index is -0.642. The molecule has 0 spiro atoms. The van der Waals surface area contributed by atoms with E-state index < -0.39 is 5.97 Å². The number of esters is 1. The third-order valence-corrected chi connectivity index (χ3v) is 5.13. The SMILES string of the molecule is COc1cccc(-c2noc(COC(=O)c3ccccc3C(=O)c3cccs3)n2)c1. The van der Waals surface area contributed by atoms with Gasteiger partial charge in [-0.25, -0.2) is 4.79 Å². The second-order valence-corrected chi connectivity index (χ2v) is 7.12. The molecule has 8 heteroatoms. The third kappa shape index (κ3) is 4.13. The fraction of sp³-hybridized carbons (Fsp3) is 0.0909. The summed E-state index contributed by atoms with van der Waals surface area (Å²) in [4.78, 5) is 30.1. The highest BCUT2D eigenvalue weighted by Crippen LogP contribution is 2.22. The molecular weight excluding hydrogens is 404 g/mol. The molecule has 0 atom stereocenters. The van der Waals surface area contributed by atoms with Crippen molar-refractivity contribution < 1.29 is 23.6 Å². The van der Waals surface area contributed by atoms with Gasteiger partial charge in [0.25, 0.3) is 5.89 Å². The van der Waals surface area contributed by atoms with Gasteiger partial charge in [-0.05, 0) is 29.6 Å². The molecule has 0 N–H and O–H groups in total. The zero-order valence-corrected chi connectivity index (χ0v) is 16.7. The molecule has 150 valence electrons. The first-order valence-corrected chi connectivity index (χ1v) is 9.85. The Kier molecular flexibility index (Phi) is 5.67. The average molecular weight is 420 g/mol. The van der Waals surface area contributed by atoms with Crippen LogP contribution in [0.2, 0.25) is 0 Å². The number of carbonyl (C=O) groups is 2. The first-order chi connectivity index (χ1) is 14.7. The van der Waals surface area contributed by atoms with Crippen molar-refractivity contribution in [2.75, 3.05) is 7.11 Å². The number of nitrogens with zero attached hydrogens (tertiary/aromatic N) is 2. The molecule has 0 radical (unpaired) electrons. The Morgan fingerprint density at radius 1 is 1.03 bits per heavy atom. The summed E-state index contributed by atoms with van der Waals surface area (Å²) in [6, 6.07) is 17.2. The van der Waals surface area contributed by atoms with Gasteiger partial charge in [0.15, 0.2) is 6.61 Å². The van der Waals surface area contributed by atoms with Gasteiger partial charge in [0, 0.05) is 11.1 Å². The van der Waals surface area contributed by atoms with Crippen molar-refractivity contribution in [3.63, 3.8) is 0 Å². The second kappa shape index (κ2) is 8.71. The topological polar surface area (TPSA) is 91.5 Å². The summed E-state index contributed by atoms with van der Waals surface area (Å²) in [6.45, 7) is -0.211. The standard InChI is InChI=1S/C22H16N2O5S/c1-27-15-7-4-6-14(12-15)21-23-19(29-24-21)13-28-22(26)17-9-3-2-8-16(17)20(25)18-10-5-11-30-18/h2-12H,13H2,1H3. The number of methoxy groups -OCH3 is 1. The minimum absolute atomic E-state index is 0.142. The molecule has 2 heterocycles. The molecule has 0 fully saturated rings. The van der Waals surface area contributed by atoms with Gasteiger partial charge in [-0.15, -0.1) is 11.3 Å². The summed E-state index contributed by atoms with van der Waals surface area (Å²) in [6.07, 6.45) is 0. The van der Waals surface area contributed by atoms with E-state index in [9.17, 15) is 9.59 Å². The van der Waals surface area contributed by atoms with Crippen LogP contribution in [0.25, 0.3) is 11.4 Å². The zero-order chi connectivity index (χ0) is 20.9. The van der Waals surface area contributed by atoms with Gasteiger partial charge in [0.1, 0.15) is 5.75 Å². The van der Waals surface area contributed by atoms with E-state index in [0.717, 1.165) is 0 Å². The van der Waals surface area contributed by atoms with Crippen LogP contribution in [-0.4, -0.2) is 29.0 Å². The summed E-state index contributed by atoms with van der Waals surface area (Å²) in [5, 5.41) is 5.72. The smallest absolute Gasteiger partial charge is 0.339 e. The lowest BCUT2D eigenvalue weighted by Crippen LogP contribution is -2.12. The number of carbonyl (C=O) groups excluding carboxylic acids is 2. The predicted molar refractivity (Wildman–Crippen MR) is 110 cm³/mol. The van der Waals surface area contributed by atoms with Gasteiger partial charge in [0.05, 0.1) is 17.6 Å². The number of hydrogen-bond acceptors (Lipinski definition) is 8. The Labute approximate surface area is 175 Å². The van der Waals surface area contributed by atoms with Crippen LogP contribution in [0.15, 0.2) is 70.6 Å². The summed E-state index contributed by atoms with van der Waals surface area (Å²) in [5.41, 5.74) is 1.18. The fourth-order valence-electron chi connectivity index (χ4n) is 2.80. The number of ketones is 1. The van der Waals surface area contributed by atoms with Gasteiger partial charge in [0.2, 0.25) is 11.6 Å². The summed E-state index contributed by atoms with van der Waals surface area (Å²) < 4.78 is 15.7. The van der Waals surface area contributed by atoms with E-state index in [1.807, 2.05) is 17.5 Å². The van der Waals surface area contributed by atoms with Crippen molar-refractivity contribution in [2.24, 2.45) is 0 Å². The quantitative estimate of drug-likeness (QED) is 0.323. The van der Waals surface area contributed by atoms with Gasteiger partial charge in [-0.3, -0.25) is 4.79 Å². The monoisotopic (exact) mass is 420 g/mol. The van der Waals surface area contributed by atoms with Gasteiger partial charge >= 0.3 is 5.97 Å². The van der Waals surface area contributed by atoms with Crippen molar-refractivity contribution in [3.8, 4) is 17.1 Å². The maximum absolute atomic E-state index is 12.7. The molecule has 0 aliphatic rings. The van der Waals surface area contributed by atoms with Crippen molar-refractivity contribution in [3.05, 3.63) is 87.9 Å². The maximum atomic E-state index is 12.7. The van der Waals surface area contributed by atoms with E-state index in [-0.39, 0.29) is 29.4 Å². The number of benzene rings is 2. The van der Waals surface area contributed by atoms with E-state index in [1.165, 1.54) is 11.3 Å². The first-order valence-electron chi connectivity index (χ1n) is 8.97. The molecule has 2 aromatic carbocycles. The van der Waals surface area contributed by atoms with Crippen molar-refractivity contribution in [2.45, 2.75) is 6.61 Å². The second-order valence-electron chi connectivity index (χ2n) is 6.17. The van der Waals surface area contributed by atoms with E-state index in [2.05, 4.69) is 10.1 Å². The Hall–Kier alpha value is -3.78. The van der Waals surface area contributed by atoms with Crippen LogP contribution < -0.4 is 4.74 Å². The van der Waals surface area contributed by atoms with Crippen LogP contribution in [0.4, 0.5) is 0 Å². The van der Waals surface area contributed by atoms with Crippen LogP contribution in [0.1, 0.15) is 31.5 Å². The summed E-state index contributed by atoms with van der Waals surface area (Å²) >= 11 is 1.32. The third-order valence-electron chi connectivity index (χ3n) is 4.26. The number of hydrogen-bond donors (Lipinski definition) is 0. The van der Waals surface area contributed by atoms with Crippen LogP contribution in [-0.2, 0) is 11.3 Å². The number of ether oxygens (including phenoxy) is 2. The lowest BCUT2D eigenvalue weighted by atomic mass is 10.0. The molecule has 7 nitrogen and oxygen atoms in total. The van der Waals surface area contributed by atoms with Crippen LogP contribution in [0, 0.1) is 0 Å². The van der Waals surface area contributed by atoms with Crippen molar-refractivity contribution in [1.29, 1.82) is 0 Å². The maximum Gasteiger partial charge on any atom is 0.339 e. The number of thiophene rings is 1. The molecule has 0 saturated heterocycles. The van der Waals surface area contributed by atoms with E-state index >= 15 is 0 Å². The number of aromatic nitrogens is 2.